The van der Waals surface area contributed by atoms with Gasteiger partial charge in [-0.2, -0.15) is 0 Å². The van der Waals surface area contributed by atoms with Gasteiger partial charge in [-0.3, -0.25) is 0 Å². The molecule has 1 aromatic carbocycles. The molecule has 120 valence electrons. The van der Waals surface area contributed by atoms with Crippen LogP contribution >= 0.6 is 22.9 Å². The molecule has 0 saturated heterocycles. The Balaban J connectivity index is 2.18. The van der Waals surface area contributed by atoms with Crippen LogP contribution in [0.25, 0.3) is 0 Å². The molecule has 0 saturated carbocycles. The number of nitrogens with zero attached hydrogens (tertiary/aromatic N) is 1. The van der Waals surface area contributed by atoms with Gasteiger partial charge in [-0.05, 0) is 32.9 Å². The molecule has 0 radical (unpaired) electrons. The summed E-state index contributed by atoms with van der Waals surface area (Å²) < 4.78 is 7.42. The topological polar surface area (TPSA) is 42.2 Å². The first-order chi connectivity index (χ1) is 11.0. The van der Waals surface area contributed by atoms with Crippen LogP contribution in [0, 0.1) is 6.92 Å². The smallest absolute Gasteiger partial charge is 0.342 e. The SMILES string of the molecule is CCOC(=O)C1=C(C)Nc2scc(C)[n+]2[C@H]1c1ccc(Cl)cc1. The molecule has 1 aliphatic heterocycles. The molecule has 2 heterocycles. The largest absolute Gasteiger partial charge is 0.462 e. The van der Waals surface area contributed by atoms with Crippen LogP contribution in [0.2, 0.25) is 5.02 Å². The van der Waals surface area contributed by atoms with Gasteiger partial charge in [-0.1, -0.05) is 35.1 Å². The van der Waals surface area contributed by atoms with Crippen LogP contribution in [-0.4, -0.2) is 12.6 Å². The lowest BCUT2D eigenvalue weighted by Gasteiger charge is -2.24. The lowest BCUT2D eigenvalue weighted by atomic mass is 9.95. The number of esters is 1. The predicted molar refractivity (Wildman–Crippen MR) is 91.8 cm³/mol. The highest BCUT2D eigenvalue weighted by atomic mass is 35.5. The van der Waals surface area contributed by atoms with Gasteiger partial charge in [0.1, 0.15) is 17.0 Å². The second-order valence-electron chi connectivity index (χ2n) is 5.39. The quantitative estimate of drug-likeness (QED) is 0.676. The van der Waals surface area contributed by atoms with Crippen LogP contribution in [0.4, 0.5) is 5.13 Å². The lowest BCUT2D eigenvalue weighted by molar-refractivity contribution is -0.694. The van der Waals surface area contributed by atoms with Gasteiger partial charge in [-0.25, -0.2) is 14.7 Å². The van der Waals surface area contributed by atoms with Gasteiger partial charge in [0.2, 0.25) is 0 Å². The predicted octanol–water partition coefficient (Wildman–Crippen LogP) is 3.85. The number of rotatable bonds is 3. The van der Waals surface area contributed by atoms with Gasteiger partial charge >= 0.3 is 11.1 Å². The molecule has 0 aliphatic carbocycles. The third-order valence-electron chi connectivity index (χ3n) is 3.85. The highest BCUT2D eigenvalue weighted by Crippen LogP contribution is 2.34. The lowest BCUT2D eigenvalue weighted by Crippen LogP contribution is -2.49. The van der Waals surface area contributed by atoms with Gasteiger partial charge in [0.25, 0.3) is 0 Å². The van der Waals surface area contributed by atoms with E-state index in [1.807, 2.05) is 45.0 Å². The van der Waals surface area contributed by atoms with Crippen LogP contribution in [-0.2, 0) is 9.53 Å². The first kappa shape index (κ1) is 16.0. The van der Waals surface area contributed by atoms with E-state index >= 15 is 0 Å². The van der Waals surface area contributed by atoms with Crippen molar-refractivity contribution in [2.45, 2.75) is 26.8 Å². The standard InChI is InChI=1S/C17H17ClN2O2S/c1-4-22-16(21)14-11(3)19-17-20(10(2)9-23-17)15(14)12-5-7-13(18)8-6-12/h5-9,15H,4H2,1-3H3/p+1/t15-/m0/s1. The maximum Gasteiger partial charge on any atom is 0.342 e. The number of carbonyl (C=O) groups is 1. The molecule has 0 unspecified atom stereocenters. The van der Waals surface area contributed by atoms with Gasteiger partial charge in [0, 0.05) is 16.0 Å². The normalized spacial score (nSPS) is 16.8. The van der Waals surface area contributed by atoms with Crippen molar-refractivity contribution >= 4 is 34.0 Å². The number of benzene rings is 1. The Morgan fingerprint density at radius 1 is 1.35 bits per heavy atom. The number of aryl methyl sites for hydroxylation is 1. The Hall–Kier alpha value is -1.85. The zero-order valence-corrected chi connectivity index (χ0v) is 14.8. The Morgan fingerprint density at radius 2 is 2.04 bits per heavy atom. The molecular weight excluding hydrogens is 332 g/mol. The third kappa shape index (κ3) is 2.86. The minimum absolute atomic E-state index is 0.214. The molecule has 0 amide bonds. The number of ether oxygens (including phenoxy) is 1. The van der Waals surface area contributed by atoms with Crippen molar-refractivity contribution in [2.75, 3.05) is 11.9 Å². The van der Waals surface area contributed by atoms with E-state index in [4.69, 9.17) is 16.3 Å². The van der Waals surface area contributed by atoms with E-state index in [9.17, 15) is 4.79 Å². The summed E-state index contributed by atoms with van der Waals surface area (Å²) in [7, 11) is 0. The van der Waals surface area contributed by atoms with E-state index in [2.05, 4.69) is 15.3 Å². The number of carbonyl (C=O) groups excluding carboxylic acids is 1. The van der Waals surface area contributed by atoms with Crippen LogP contribution in [0.15, 0.2) is 40.9 Å². The van der Waals surface area contributed by atoms with Crippen LogP contribution in [0.5, 0.6) is 0 Å². The van der Waals surface area contributed by atoms with Gasteiger partial charge in [0.15, 0.2) is 6.04 Å². The fourth-order valence-electron chi connectivity index (χ4n) is 2.82. The van der Waals surface area contributed by atoms with Crippen molar-refractivity contribution in [3.05, 3.63) is 57.2 Å². The van der Waals surface area contributed by atoms with E-state index < -0.39 is 0 Å². The molecule has 3 rings (SSSR count). The van der Waals surface area contributed by atoms with Crippen LogP contribution in [0.1, 0.15) is 31.1 Å². The first-order valence-corrected chi connectivity index (χ1v) is 8.68. The molecule has 0 bridgehead atoms. The summed E-state index contributed by atoms with van der Waals surface area (Å²) in [4.78, 5) is 12.5. The molecule has 4 nitrogen and oxygen atoms in total. The second kappa shape index (κ2) is 6.34. The van der Waals surface area contributed by atoms with E-state index in [1.165, 1.54) is 0 Å². The summed E-state index contributed by atoms with van der Waals surface area (Å²) in [6.07, 6.45) is 0. The van der Waals surface area contributed by atoms with Crippen molar-refractivity contribution in [2.24, 2.45) is 0 Å². The highest BCUT2D eigenvalue weighted by molar-refractivity contribution is 7.13. The first-order valence-electron chi connectivity index (χ1n) is 7.43. The molecule has 2 aromatic rings. The van der Waals surface area contributed by atoms with Crippen LogP contribution in [0.3, 0.4) is 0 Å². The average molecular weight is 350 g/mol. The number of fused-ring (bicyclic) bond motifs is 1. The Bertz CT molecular complexity index is 780. The molecule has 23 heavy (non-hydrogen) atoms. The summed E-state index contributed by atoms with van der Waals surface area (Å²) in [5.74, 6) is -0.291. The summed E-state index contributed by atoms with van der Waals surface area (Å²) in [6, 6.07) is 7.39. The molecule has 1 aromatic heterocycles. The number of anilines is 1. The summed E-state index contributed by atoms with van der Waals surface area (Å²) in [6.45, 7) is 6.11. The van der Waals surface area contributed by atoms with Crippen molar-refractivity contribution in [3.8, 4) is 0 Å². The van der Waals surface area contributed by atoms with E-state index in [-0.39, 0.29) is 12.0 Å². The van der Waals surface area contributed by atoms with E-state index in [1.54, 1.807) is 11.3 Å². The summed E-state index contributed by atoms with van der Waals surface area (Å²) in [5.41, 5.74) is 3.55. The molecule has 1 aliphatic rings. The minimum atomic E-state index is -0.291. The fourth-order valence-corrected chi connectivity index (χ4v) is 3.92. The number of thiazole rings is 1. The van der Waals surface area contributed by atoms with Gasteiger partial charge < -0.3 is 4.74 Å². The minimum Gasteiger partial charge on any atom is -0.462 e. The Morgan fingerprint density at radius 3 is 2.70 bits per heavy atom. The molecule has 0 spiro atoms. The summed E-state index contributed by atoms with van der Waals surface area (Å²) in [5, 5.41) is 7.07. The van der Waals surface area contributed by atoms with E-state index in [0.29, 0.717) is 17.2 Å². The maximum absolute atomic E-state index is 12.5. The van der Waals surface area contributed by atoms with Crippen LogP contribution < -0.4 is 9.88 Å². The Labute approximate surface area is 144 Å². The fraction of sp³-hybridized carbons (Fsp3) is 0.294. The number of nitrogens with one attached hydrogen (secondary N) is 1. The zero-order chi connectivity index (χ0) is 16.6. The average Bonchev–Trinajstić information content (AvgIpc) is 2.88. The number of halogens is 1. The van der Waals surface area contributed by atoms with E-state index in [0.717, 1.165) is 22.1 Å². The molecule has 6 heteroatoms. The monoisotopic (exact) mass is 349 g/mol. The van der Waals surface area contributed by atoms with Gasteiger partial charge in [0.05, 0.1) is 6.61 Å². The zero-order valence-electron chi connectivity index (χ0n) is 13.2. The number of hydrogen-bond donors (Lipinski definition) is 1. The highest BCUT2D eigenvalue weighted by Gasteiger charge is 2.40. The summed E-state index contributed by atoms with van der Waals surface area (Å²) >= 11 is 7.64. The third-order valence-corrected chi connectivity index (χ3v) is 5.08. The van der Waals surface area contributed by atoms with Gasteiger partial charge in [-0.15, -0.1) is 0 Å². The number of aromatic nitrogens is 1. The Kier molecular flexibility index (Phi) is 4.41. The molecular formula is C17H18ClN2O2S+. The number of allylic oxidation sites excluding steroid dienone is 1. The molecule has 1 atom stereocenters. The molecule has 0 fully saturated rings. The van der Waals surface area contributed by atoms with Crippen molar-refractivity contribution in [3.63, 3.8) is 0 Å². The molecule has 1 N–H and O–H groups in total. The van der Waals surface area contributed by atoms with Crippen molar-refractivity contribution < 1.29 is 14.1 Å². The van der Waals surface area contributed by atoms with Crippen molar-refractivity contribution in [1.29, 1.82) is 0 Å². The van der Waals surface area contributed by atoms with Crippen molar-refractivity contribution in [1.82, 2.24) is 0 Å². The maximum atomic E-state index is 12.5. The number of hydrogen-bond acceptors (Lipinski definition) is 4. The second-order valence-corrected chi connectivity index (χ2v) is 6.69.